The van der Waals surface area contributed by atoms with Gasteiger partial charge < -0.3 is 19.1 Å². The lowest BCUT2D eigenvalue weighted by molar-refractivity contribution is -0.0168. The lowest BCUT2D eigenvalue weighted by Crippen LogP contribution is -2.37. The van der Waals surface area contributed by atoms with Crippen molar-refractivity contribution in [2.75, 3.05) is 26.3 Å². The van der Waals surface area contributed by atoms with Crippen molar-refractivity contribution in [3.63, 3.8) is 0 Å². The zero-order chi connectivity index (χ0) is 22.2. The Labute approximate surface area is 190 Å². The minimum atomic E-state index is -0.780. The van der Waals surface area contributed by atoms with Gasteiger partial charge in [-0.15, -0.1) is 0 Å². The molecule has 0 radical (unpaired) electrons. The van der Waals surface area contributed by atoms with Crippen LogP contribution >= 0.6 is 0 Å². The topological polar surface area (TPSA) is 59.8 Å². The standard InChI is InChI=1S/C26H33N3O3/c1-22-6-8-24(9-7-22)32-20-26(30)10-3-13-28(14-11-26)19-23-4-2-5-25(18-23)31-17-16-29-15-12-27-21-29/h2,4-9,12,15,18,21,30H,3,10-11,13-14,16-17,19-20H2,1H3/t26-/m0/s1. The van der Waals surface area contributed by atoms with Crippen LogP contribution in [0.4, 0.5) is 0 Å². The predicted octanol–water partition coefficient (Wildman–Crippen LogP) is 4.07. The van der Waals surface area contributed by atoms with Gasteiger partial charge in [0.2, 0.25) is 0 Å². The average Bonchev–Trinajstić information content (AvgIpc) is 3.24. The van der Waals surface area contributed by atoms with Gasteiger partial charge in [-0.3, -0.25) is 4.90 Å². The Morgan fingerprint density at radius 2 is 1.91 bits per heavy atom. The Kier molecular flexibility index (Phi) is 7.45. The highest BCUT2D eigenvalue weighted by Crippen LogP contribution is 2.25. The fourth-order valence-corrected chi connectivity index (χ4v) is 4.07. The zero-order valence-electron chi connectivity index (χ0n) is 18.8. The van der Waals surface area contributed by atoms with Gasteiger partial charge in [0, 0.05) is 25.5 Å². The molecule has 32 heavy (non-hydrogen) atoms. The molecule has 3 aromatic rings. The molecular weight excluding hydrogens is 402 g/mol. The number of imidazole rings is 1. The second kappa shape index (κ2) is 10.7. The Morgan fingerprint density at radius 1 is 1.03 bits per heavy atom. The number of hydrogen-bond acceptors (Lipinski definition) is 5. The van der Waals surface area contributed by atoms with Crippen LogP contribution in [0.25, 0.3) is 0 Å². The quantitative estimate of drug-likeness (QED) is 0.549. The summed E-state index contributed by atoms with van der Waals surface area (Å²) in [4.78, 5) is 6.46. The van der Waals surface area contributed by atoms with Gasteiger partial charge in [-0.05, 0) is 62.6 Å². The highest BCUT2D eigenvalue weighted by molar-refractivity contribution is 5.28. The summed E-state index contributed by atoms with van der Waals surface area (Å²) in [5, 5.41) is 11.1. The molecule has 1 aromatic heterocycles. The SMILES string of the molecule is Cc1ccc(OC[C@]2(O)CCCN(Cc3cccc(OCCn4ccnc4)c3)CC2)cc1. The Balaban J connectivity index is 1.25. The number of ether oxygens (including phenoxy) is 2. The van der Waals surface area contributed by atoms with E-state index in [4.69, 9.17) is 9.47 Å². The van der Waals surface area contributed by atoms with E-state index in [2.05, 4.69) is 28.9 Å². The fraction of sp³-hybridized carbons (Fsp3) is 0.423. The van der Waals surface area contributed by atoms with E-state index in [1.54, 1.807) is 12.5 Å². The smallest absolute Gasteiger partial charge is 0.119 e. The molecule has 2 aromatic carbocycles. The fourth-order valence-electron chi connectivity index (χ4n) is 4.07. The van der Waals surface area contributed by atoms with Crippen LogP contribution in [0.5, 0.6) is 11.5 Å². The van der Waals surface area contributed by atoms with Gasteiger partial charge in [0.05, 0.1) is 18.5 Å². The second-order valence-corrected chi connectivity index (χ2v) is 8.75. The molecule has 0 aliphatic carbocycles. The molecule has 1 aliphatic rings. The first-order valence-electron chi connectivity index (χ1n) is 11.4. The van der Waals surface area contributed by atoms with Crippen LogP contribution < -0.4 is 9.47 Å². The van der Waals surface area contributed by atoms with Crippen LogP contribution in [0.1, 0.15) is 30.4 Å². The van der Waals surface area contributed by atoms with Crippen LogP contribution in [-0.4, -0.2) is 51.5 Å². The maximum Gasteiger partial charge on any atom is 0.119 e. The van der Waals surface area contributed by atoms with Crippen molar-refractivity contribution in [1.29, 1.82) is 0 Å². The van der Waals surface area contributed by atoms with Gasteiger partial charge in [0.15, 0.2) is 0 Å². The highest BCUT2D eigenvalue weighted by Gasteiger charge is 2.31. The van der Waals surface area contributed by atoms with Crippen molar-refractivity contribution in [3.8, 4) is 11.5 Å². The Morgan fingerprint density at radius 3 is 2.72 bits per heavy atom. The second-order valence-electron chi connectivity index (χ2n) is 8.75. The van der Waals surface area contributed by atoms with E-state index >= 15 is 0 Å². The lowest BCUT2D eigenvalue weighted by atomic mass is 9.96. The van der Waals surface area contributed by atoms with Crippen LogP contribution in [-0.2, 0) is 13.1 Å². The van der Waals surface area contributed by atoms with Crippen LogP contribution in [0.3, 0.4) is 0 Å². The molecule has 2 heterocycles. The van der Waals surface area contributed by atoms with Gasteiger partial charge in [0.1, 0.15) is 24.7 Å². The van der Waals surface area contributed by atoms with Crippen molar-refractivity contribution in [2.24, 2.45) is 0 Å². The van der Waals surface area contributed by atoms with Gasteiger partial charge in [-0.1, -0.05) is 29.8 Å². The number of nitrogens with zero attached hydrogens (tertiary/aromatic N) is 3. The number of hydrogen-bond donors (Lipinski definition) is 1. The van der Waals surface area contributed by atoms with E-state index in [0.29, 0.717) is 19.6 Å². The van der Waals surface area contributed by atoms with Crippen LogP contribution in [0, 0.1) is 6.92 Å². The number of aromatic nitrogens is 2. The summed E-state index contributed by atoms with van der Waals surface area (Å²) in [7, 11) is 0. The van der Waals surface area contributed by atoms with E-state index in [1.807, 2.05) is 47.2 Å². The predicted molar refractivity (Wildman–Crippen MR) is 125 cm³/mol. The number of aliphatic hydroxyl groups is 1. The third kappa shape index (κ3) is 6.58. The first-order valence-corrected chi connectivity index (χ1v) is 11.4. The van der Waals surface area contributed by atoms with E-state index in [9.17, 15) is 5.11 Å². The number of aryl methyl sites for hydroxylation is 1. The summed E-state index contributed by atoms with van der Waals surface area (Å²) in [6, 6.07) is 16.3. The summed E-state index contributed by atoms with van der Waals surface area (Å²) in [6.07, 6.45) is 7.93. The monoisotopic (exact) mass is 435 g/mol. The number of benzene rings is 2. The molecule has 1 aliphatic heterocycles. The summed E-state index contributed by atoms with van der Waals surface area (Å²) in [5.74, 6) is 1.70. The molecule has 1 saturated heterocycles. The van der Waals surface area contributed by atoms with E-state index in [1.165, 1.54) is 11.1 Å². The van der Waals surface area contributed by atoms with E-state index in [0.717, 1.165) is 50.5 Å². The average molecular weight is 436 g/mol. The van der Waals surface area contributed by atoms with Crippen LogP contribution in [0.2, 0.25) is 0 Å². The van der Waals surface area contributed by atoms with Gasteiger partial charge in [-0.2, -0.15) is 0 Å². The molecule has 170 valence electrons. The molecular formula is C26H33N3O3. The Bertz CT molecular complexity index is 959. The van der Waals surface area contributed by atoms with Crippen molar-refractivity contribution in [1.82, 2.24) is 14.5 Å². The molecule has 0 unspecified atom stereocenters. The molecule has 6 nitrogen and oxygen atoms in total. The molecule has 0 amide bonds. The third-order valence-corrected chi connectivity index (χ3v) is 6.02. The highest BCUT2D eigenvalue weighted by atomic mass is 16.5. The van der Waals surface area contributed by atoms with Crippen molar-refractivity contribution < 1.29 is 14.6 Å². The first kappa shape index (κ1) is 22.4. The first-order chi connectivity index (χ1) is 15.6. The largest absolute Gasteiger partial charge is 0.492 e. The molecule has 0 spiro atoms. The maximum atomic E-state index is 11.1. The van der Waals surface area contributed by atoms with E-state index in [-0.39, 0.29) is 0 Å². The minimum Gasteiger partial charge on any atom is -0.492 e. The van der Waals surface area contributed by atoms with Crippen molar-refractivity contribution in [3.05, 3.63) is 78.4 Å². The van der Waals surface area contributed by atoms with Gasteiger partial charge in [-0.25, -0.2) is 4.98 Å². The van der Waals surface area contributed by atoms with Crippen molar-refractivity contribution >= 4 is 0 Å². The van der Waals surface area contributed by atoms with Gasteiger partial charge >= 0.3 is 0 Å². The third-order valence-electron chi connectivity index (χ3n) is 6.02. The zero-order valence-corrected chi connectivity index (χ0v) is 18.8. The molecule has 0 bridgehead atoms. The molecule has 1 atom stereocenters. The molecule has 4 rings (SSSR count). The molecule has 1 fully saturated rings. The maximum absolute atomic E-state index is 11.1. The van der Waals surface area contributed by atoms with Gasteiger partial charge in [0.25, 0.3) is 0 Å². The summed E-state index contributed by atoms with van der Waals surface area (Å²) >= 11 is 0. The molecule has 6 heteroatoms. The summed E-state index contributed by atoms with van der Waals surface area (Å²) in [6.45, 7) is 6.45. The lowest BCUT2D eigenvalue weighted by Gasteiger charge is -2.27. The normalized spacial score (nSPS) is 19.4. The molecule has 1 N–H and O–H groups in total. The Hall–Kier alpha value is -2.83. The molecule has 0 saturated carbocycles. The summed E-state index contributed by atoms with van der Waals surface area (Å²) < 4.78 is 13.8. The minimum absolute atomic E-state index is 0.337. The van der Waals surface area contributed by atoms with Crippen molar-refractivity contribution in [2.45, 2.75) is 44.9 Å². The van der Waals surface area contributed by atoms with Crippen LogP contribution in [0.15, 0.2) is 67.3 Å². The number of likely N-dealkylation sites (tertiary alicyclic amines) is 1. The summed E-state index contributed by atoms with van der Waals surface area (Å²) in [5.41, 5.74) is 1.65. The number of rotatable bonds is 9. The van der Waals surface area contributed by atoms with E-state index < -0.39 is 5.60 Å².